The molecule has 1 aromatic rings. The maximum Gasteiger partial charge on any atom is 0.255 e. The third-order valence-electron chi connectivity index (χ3n) is 8.12. The SMILES string of the molecule is CCCN1CCN(C(=O)c2ccccc2SCC(=O)NC23CC4CC(CC(C4)C2)C3)CC1. The Morgan fingerprint density at radius 3 is 2.25 bits per heavy atom. The molecule has 4 aliphatic carbocycles. The molecule has 6 rings (SSSR count). The van der Waals surface area contributed by atoms with Crippen LogP contribution in [-0.2, 0) is 4.79 Å². The zero-order valence-electron chi connectivity index (χ0n) is 19.4. The van der Waals surface area contributed by atoms with Crippen LogP contribution in [0.4, 0.5) is 0 Å². The highest BCUT2D eigenvalue weighted by Crippen LogP contribution is 2.55. The van der Waals surface area contributed by atoms with E-state index in [2.05, 4.69) is 17.1 Å². The second kappa shape index (κ2) is 9.38. The summed E-state index contributed by atoms with van der Waals surface area (Å²) in [5.41, 5.74) is 0.795. The zero-order valence-corrected chi connectivity index (χ0v) is 20.2. The van der Waals surface area contributed by atoms with Crippen LogP contribution in [0.2, 0.25) is 0 Å². The first-order chi connectivity index (χ1) is 15.5. The predicted octanol–water partition coefficient (Wildman–Crippen LogP) is 4.03. The molecule has 6 heteroatoms. The van der Waals surface area contributed by atoms with Gasteiger partial charge in [0.15, 0.2) is 0 Å². The Labute approximate surface area is 196 Å². The second-order valence-electron chi connectivity index (χ2n) is 10.7. The van der Waals surface area contributed by atoms with Crippen molar-refractivity contribution in [2.75, 3.05) is 38.5 Å². The summed E-state index contributed by atoms with van der Waals surface area (Å²) in [5, 5.41) is 3.46. The first-order valence-corrected chi connectivity index (χ1v) is 13.6. The Balaban J connectivity index is 1.18. The summed E-state index contributed by atoms with van der Waals surface area (Å²) in [5.74, 6) is 3.09. The predicted molar refractivity (Wildman–Crippen MR) is 129 cm³/mol. The first-order valence-electron chi connectivity index (χ1n) is 12.6. The van der Waals surface area contributed by atoms with E-state index in [0.717, 1.165) is 67.4 Å². The lowest BCUT2D eigenvalue weighted by atomic mass is 9.53. The molecule has 1 saturated heterocycles. The molecule has 0 atom stereocenters. The van der Waals surface area contributed by atoms with Crippen LogP contribution in [0.5, 0.6) is 0 Å². The zero-order chi connectivity index (χ0) is 22.1. The number of amides is 2. The summed E-state index contributed by atoms with van der Waals surface area (Å²) < 4.78 is 0. The maximum atomic E-state index is 13.2. The van der Waals surface area contributed by atoms with E-state index in [-0.39, 0.29) is 17.4 Å². The lowest BCUT2D eigenvalue weighted by Gasteiger charge is -2.56. The minimum absolute atomic E-state index is 0.0555. The number of hydrogen-bond acceptors (Lipinski definition) is 4. The standard InChI is InChI=1S/C26H37N3O2S/c1-2-7-28-8-10-29(11-9-28)25(31)22-5-3-4-6-23(22)32-18-24(30)27-26-15-19-12-20(16-26)14-21(13-19)17-26/h3-6,19-21H,2,7-18H2,1H3,(H,27,30). The van der Waals surface area contributed by atoms with Crippen molar-refractivity contribution in [3.05, 3.63) is 29.8 Å². The van der Waals surface area contributed by atoms with E-state index in [0.29, 0.717) is 5.75 Å². The molecule has 5 fully saturated rings. The van der Waals surface area contributed by atoms with Gasteiger partial charge in [0.25, 0.3) is 5.91 Å². The van der Waals surface area contributed by atoms with Gasteiger partial charge in [0, 0.05) is 36.6 Å². The van der Waals surface area contributed by atoms with Crippen molar-refractivity contribution in [2.45, 2.75) is 62.3 Å². The van der Waals surface area contributed by atoms with Crippen LogP contribution in [0, 0.1) is 17.8 Å². The van der Waals surface area contributed by atoms with Crippen molar-refractivity contribution >= 4 is 23.6 Å². The van der Waals surface area contributed by atoms with Gasteiger partial charge in [-0.05, 0) is 81.4 Å². The Morgan fingerprint density at radius 2 is 1.62 bits per heavy atom. The third-order valence-corrected chi connectivity index (χ3v) is 9.19. The molecule has 1 aromatic carbocycles. The third kappa shape index (κ3) is 4.72. The van der Waals surface area contributed by atoms with Gasteiger partial charge in [-0.2, -0.15) is 0 Å². The van der Waals surface area contributed by atoms with Gasteiger partial charge in [0.1, 0.15) is 0 Å². The van der Waals surface area contributed by atoms with Crippen LogP contribution < -0.4 is 5.32 Å². The number of hydrogen-bond donors (Lipinski definition) is 1. The van der Waals surface area contributed by atoms with Crippen molar-refractivity contribution in [3.63, 3.8) is 0 Å². The Morgan fingerprint density at radius 1 is 1.00 bits per heavy atom. The fraction of sp³-hybridized carbons (Fsp3) is 0.692. The first kappa shape index (κ1) is 22.3. The number of benzene rings is 1. The molecule has 1 N–H and O–H groups in total. The summed E-state index contributed by atoms with van der Waals surface area (Å²) >= 11 is 1.51. The number of rotatable bonds is 7. The van der Waals surface area contributed by atoms with Crippen LogP contribution in [0.15, 0.2) is 29.2 Å². The summed E-state index contributed by atoms with van der Waals surface area (Å²) in [6.45, 7) is 6.76. The molecule has 0 aromatic heterocycles. The highest BCUT2D eigenvalue weighted by molar-refractivity contribution is 8.00. The normalized spacial score (nSPS) is 31.7. The summed E-state index contributed by atoms with van der Waals surface area (Å²) in [4.78, 5) is 31.5. The minimum atomic E-state index is 0.0555. The van der Waals surface area contributed by atoms with Gasteiger partial charge >= 0.3 is 0 Å². The van der Waals surface area contributed by atoms with Crippen molar-refractivity contribution in [1.82, 2.24) is 15.1 Å². The van der Waals surface area contributed by atoms with Crippen molar-refractivity contribution in [2.24, 2.45) is 17.8 Å². The molecule has 5 nitrogen and oxygen atoms in total. The number of piperazine rings is 1. The molecule has 32 heavy (non-hydrogen) atoms. The van der Waals surface area contributed by atoms with E-state index in [1.165, 1.54) is 50.3 Å². The van der Waals surface area contributed by atoms with Crippen molar-refractivity contribution in [1.29, 1.82) is 0 Å². The van der Waals surface area contributed by atoms with E-state index in [9.17, 15) is 9.59 Å². The highest BCUT2D eigenvalue weighted by Gasteiger charge is 2.51. The van der Waals surface area contributed by atoms with Crippen LogP contribution in [0.3, 0.4) is 0 Å². The van der Waals surface area contributed by atoms with Gasteiger partial charge < -0.3 is 10.2 Å². The summed E-state index contributed by atoms with van der Waals surface area (Å²) in [7, 11) is 0. The molecule has 5 aliphatic rings. The van der Waals surface area contributed by atoms with Crippen LogP contribution >= 0.6 is 11.8 Å². The molecule has 0 radical (unpaired) electrons. The molecule has 174 valence electrons. The number of thioether (sulfide) groups is 1. The summed E-state index contributed by atoms with van der Waals surface area (Å²) in [6, 6.07) is 7.80. The molecule has 2 amide bonds. The molecule has 1 heterocycles. The van der Waals surface area contributed by atoms with E-state index >= 15 is 0 Å². The molecule has 4 bridgehead atoms. The van der Waals surface area contributed by atoms with Gasteiger partial charge in [-0.25, -0.2) is 0 Å². The minimum Gasteiger partial charge on any atom is -0.350 e. The van der Waals surface area contributed by atoms with Crippen LogP contribution in [-0.4, -0.2) is 65.6 Å². The molecule has 4 saturated carbocycles. The fourth-order valence-corrected chi connectivity index (χ4v) is 8.01. The Bertz CT molecular complexity index is 814. The van der Waals surface area contributed by atoms with Gasteiger partial charge in [-0.15, -0.1) is 11.8 Å². The number of carbonyl (C=O) groups excluding carboxylic acids is 2. The molecule has 0 unspecified atom stereocenters. The lowest BCUT2D eigenvalue weighted by molar-refractivity contribution is -0.124. The lowest BCUT2D eigenvalue weighted by Crippen LogP contribution is -2.60. The Hall–Kier alpha value is -1.53. The highest BCUT2D eigenvalue weighted by atomic mass is 32.2. The Kier molecular flexibility index (Phi) is 6.53. The number of nitrogens with zero attached hydrogens (tertiary/aromatic N) is 2. The van der Waals surface area contributed by atoms with E-state index in [1.54, 1.807) is 0 Å². The topological polar surface area (TPSA) is 52.7 Å². The van der Waals surface area contributed by atoms with Crippen LogP contribution in [0.25, 0.3) is 0 Å². The van der Waals surface area contributed by atoms with Crippen LogP contribution in [0.1, 0.15) is 62.2 Å². The van der Waals surface area contributed by atoms with E-state index in [1.807, 2.05) is 29.2 Å². The average Bonchev–Trinajstić information content (AvgIpc) is 2.77. The quantitative estimate of drug-likeness (QED) is 0.631. The molecular formula is C26H37N3O2S. The fourth-order valence-electron chi connectivity index (χ4n) is 7.17. The largest absolute Gasteiger partial charge is 0.350 e. The second-order valence-corrected chi connectivity index (χ2v) is 11.7. The van der Waals surface area contributed by atoms with Gasteiger partial charge in [-0.3, -0.25) is 14.5 Å². The van der Waals surface area contributed by atoms with Crippen molar-refractivity contribution in [3.8, 4) is 0 Å². The molecular weight excluding hydrogens is 418 g/mol. The summed E-state index contributed by atoms with van der Waals surface area (Å²) in [6.07, 6.45) is 8.82. The number of carbonyl (C=O) groups is 2. The molecule has 0 spiro atoms. The van der Waals surface area contributed by atoms with Gasteiger partial charge in [0.2, 0.25) is 5.91 Å². The number of nitrogens with one attached hydrogen (secondary N) is 1. The van der Waals surface area contributed by atoms with Crippen molar-refractivity contribution < 1.29 is 9.59 Å². The van der Waals surface area contributed by atoms with Gasteiger partial charge in [0.05, 0.1) is 11.3 Å². The molecule has 1 aliphatic heterocycles. The monoisotopic (exact) mass is 455 g/mol. The van der Waals surface area contributed by atoms with E-state index in [4.69, 9.17) is 0 Å². The maximum absolute atomic E-state index is 13.2. The van der Waals surface area contributed by atoms with E-state index < -0.39 is 0 Å². The smallest absolute Gasteiger partial charge is 0.255 e. The average molecular weight is 456 g/mol. The van der Waals surface area contributed by atoms with Gasteiger partial charge in [-0.1, -0.05) is 19.1 Å².